The van der Waals surface area contributed by atoms with Gasteiger partial charge >= 0.3 is 5.97 Å². The third-order valence-electron chi connectivity index (χ3n) is 7.53. The van der Waals surface area contributed by atoms with Crippen molar-refractivity contribution in [3.8, 4) is 0 Å². The molecule has 0 N–H and O–H groups in total. The molecule has 1 aliphatic rings. The van der Waals surface area contributed by atoms with Crippen LogP contribution in [0.5, 0.6) is 0 Å². The summed E-state index contributed by atoms with van der Waals surface area (Å²) in [6.07, 6.45) is 16.3. The maximum Gasteiger partial charge on any atom is 0.305 e. The van der Waals surface area contributed by atoms with E-state index in [4.69, 9.17) is 9.16 Å². The smallest absolute Gasteiger partial charge is 0.305 e. The molecule has 1 aliphatic carbocycles. The Balaban J connectivity index is 2.72. The highest BCUT2D eigenvalue weighted by molar-refractivity contribution is 6.74. The summed E-state index contributed by atoms with van der Waals surface area (Å²) in [5.74, 6) is 0.596. The summed E-state index contributed by atoms with van der Waals surface area (Å²) in [5, 5.41) is 0.173. The van der Waals surface area contributed by atoms with Gasteiger partial charge in [0.2, 0.25) is 0 Å². The van der Waals surface area contributed by atoms with Gasteiger partial charge in [0.25, 0.3) is 0 Å². The van der Waals surface area contributed by atoms with Crippen molar-refractivity contribution < 1.29 is 18.8 Å². The van der Waals surface area contributed by atoms with Gasteiger partial charge in [-0.3, -0.25) is 9.59 Å². The summed E-state index contributed by atoms with van der Waals surface area (Å²) < 4.78 is 11.6. The minimum atomic E-state index is -1.87. The van der Waals surface area contributed by atoms with Crippen LogP contribution in [0.15, 0.2) is 12.2 Å². The van der Waals surface area contributed by atoms with Gasteiger partial charge < -0.3 is 9.16 Å². The fourth-order valence-corrected chi connectivity index (χ4v) is 5.82. The van der Waals surface area contributed by atoms with E-state index in [0.29, 0.717) is 18.1 Å². The van der Waals surface area contributed by atoms with Crippen molar-refractivity contribution >= 4 is 20.1 Å². The molecule has 0 amide bonds. The summed E-state index contributed by atoms with van der Waals surface area (Å²) in [4.78, 5) is 24.4. The minimum absolute atomic E-state index is 0.0993. The van der Waals surface area contributed by atoms with Crippen LogP contribution < -0.4 is 0 Å². The molecule has 0 unspecified atom stereocenters. The summed E-state index contributed by atoms with van der Waals surface area (Å²) in [6, 6.07) is 0. The van der Waals surface area contributed by atoms with Gasteiger partial charge in [-0.05, 0) is 68.7 Å². The average molecular weight is 467 g/mol. The van der Waals surface area contributed by atoms with Gasteiger partial charge in [-0.25, -0.2) is 0 Å². The van der Waals surface area contributed by atoms with E-state index in [-0.39, 0.29) is 23.0 Å². The topological polar surface area (TPSA) is 52.6 Å². The molecular weight excluding hydrogens is 416 g/mol. The van der Waals surface area contributed by atoms with Crippen LogP contribution in [0.4, 0.5) is 0 Å². The van der Waals surface area contributed by atoms with Crippen LogP contribution in [0, 0.1) is 11.8 Å². The van der Waals surface area contributed by atoms with Gasteiger partial charge in [-0.2, -0.15) is 0 Å². The van der Waals surface area contributed by atoms with E-state index in [2.05, 4.69) is 46.9 Å². The molecule has 0 aromatic carbocycles. The van der Waals surface area contributed by atoms with Crippen LogP contribution in [0.3, 0.4) is 0 Å². The number of carbonyl (C=O) groups excluding carboxylic acids is 2. The summed E-state index contributed by atoms with van der Waals surface area (Å²) in [7, 11) is -0.429. The standard InChI is InChI=1S/C27H50O4Si/c1-8-9-10-11-15-18-24(28)22-20-21-25(31-32(6,7)27(2,3)4)23(22)17-14-12-13-16-19-26(29)30-5/h15,18,22-23,25H,8-14,16-17,19-21H2,1-7H3/b18-15+/t22-,23+,25-/m0/s1. The molecule has 4 nitrogen and oxygen atoms in total. The second kappa shape index (κ2) is 14.3. The number of ether oxygens (including phenoxy) is 1. The average Bonchev–Trinajstić information content (AvgIpc) is 3.11. The van der Waals surface area contributed by atoms with Crippen LogP contribution in [0.2, 0.25) is 18.1 Å². The molecule has 0 aromatic rings. The normalized spacial score (nSPS) is 21.9. The Morgan fingerprint density at radius 2 is 1.69 bits per heavy atom. The van der Waals surface area contributed by atoms with Crippen molar-refractivity contribution in [3.05, 3.63) is 12.2 Å². The number of rotatable bonds is 15. The Kier molecular flexibility index (Phi) is 13.0. The monoisotopic (exact) mass is 466 g/mol. The lowest BCUT2D eigenvalue weighted by Crippen LogP contribution is -2.45. The molecule has 0 heterocycles. The quantitative estimate of drug-likeness (QED) is 0.108. The fourth-order valence-electron chi connectivity index (χ4n) is 4.41. The first-order valence-corrected chi connectivity index (χ1v) is 15.9. The molecule has 1 saturated carbocycles. The van der Waals surface area contributed by atoms with E-state index < -0.39 is 8.32 Å². The zero-order valence-corrected chi connectivity index (χ0v) is 23.0. The molecule has 0 saturated heterocycles. The zero-order chi connectivity index (χ0) is 24.2. The number of hydrogen-bond donors (Lipinski definition) is 0. The Morgan fingerprint density at radius 3 is 2.31 bits per heavy atom. The van der Waals surface area contributed by atoms with E-state index in [0.717, 1.165) is 57.8 Å². The van der Waals surface area contributed by atoms with Crippen molar-refractivity contribution in [2.45, 2.75) is 129 Å². The minimum Gasteiger partial charge on any atom is -0.469 e. The van der Waals surface area contributed by atoms with Crippen molar-refractivity contribution in [3.63, 3.8) is 0 Å². The number of ketones is 1. The van der Waals surface area contributed by atoms with Crippen molar-refractivity contribution in [2.75, 3.05) is 7.11 Å². The molecule has 0 radical (unpaired) electrons. The molecule has 0 spiro atoms. The molecule has 3 atom stereocenters. The van der Waals surface area contributed by atoms with Crippen LogP contribution in [0.1, 0.15) is 105 Å². The van der Waals surface area contributed by atoms with Crippen LogP contribution in [-0.2, 0) is 18.8 Å². The highest BCUT2D eigenvalue weighted by atomic mass is 28.4. The first-order valence-electron chi connectivity index (χ1n) is 13.0. The first kappa shape index (κ1) is 29.1. The Morgan fingerprint density at radius 1 is 1.00 bits per heavy atom. The van der Waals surface area contributed by atoms with Gasteiger partial charge in [0.1, 0.15) is 0 Å². The first-order chi connectivity index (χ1) is 15.0. The van der Waals surface area contributed by atoms with Crippen LogP contribution in [0.25, 0.3) is 0 Å². The van der Waals surface area contributed by atoms with Crippen LogP contribution >= 0.6 is 0 Å². The largest absolute Gasteiger partial charge is 0.469 e. The Hall–Kier alpha value is -0.943. The third kappa shape index (κ3) is 9.90. The number of hydrogen-bond acceptors (Lipinski definition) is 4. The summed E-state index contributed by atoms with van der Waals surface area (Å²) in [5.41, 5.74) is 0. The molecular formula is C27H50O4Si. The lowest BCUT2D eigenvalue weighted by molar-refractivity contribution is -0.140. The van der Waals surface area contributed by atoms with Crippen molar-refractivity contribution in [2.24, 2.45) is 11.8 Å². The molecule has 0 aromatic heterocycles. The maximum atomic E-state index is 13.1. The van der Waals surface area contributed by atoms with E-state index in [1.165, 1.54) is 20.0 Å². The lowest BCUT2D eigenvalue weighted by Gasteiger charge is -2.40. The summed E-state index contributed by atoms with van der Waals surface area (Å²) in [6.45, 7) is 13.7. The highest BCUT2D eigenvalue weighted by Crippen LogP contribution is 2.44. The third-order valence-corrected chi connectivity index (χ3v) is 12.0. The summed E-state index contributed by atoms with van der Waals surface area (Å²) >= 11 is 0. The molecule has 1 fully saturated rings. The number of allylic oxidation sites excluding steroid dienone is 2. The predicted molar refractivity (Wildman–Crippen MR) is 136 cm³/mol. The number of unbranched alkanes of at least 4 members (excludes halogenated alkanes) is 6. The van der Waals surface area contributed by atoms with E-state index >= 15 is 0 Å². The van der Waals surface area contributed by atoms with E-state index in [1.54, 1.807) is 0 Å². The molecule has 186 valence electrons. The van der Waals surface area contributed by atoms with Gasteiger partial charge in [-0.1, -0.05) is 65.9 Å². The van der Waals surface area contributed by atoms with E-state index in [1.807, 2.05) is 6.08 Å². The Labute approximate surface area is 199 Å². The Bertz CT molecular complexity index is 591. The molecule has 5 heteroatoms. The molecule has 32 heavy (non-hydrogen) atoms. The van der Waals surface area contributed by atoms with Crippen LogP contribution in [-0.4, -0.2) is 33.3 Å². The molecule has 0 aliphatic heterocycles. The zero-order valence-electron chi connectivity index (χ0n) is 22.0. The SMILES string of the molecule is CCCCC/C=C/C(=O)[C@H]1CC[C@H](O[Si](C)(C)C(C)(C)C)[C@@H]1CCCCCCC(=O)OC. The van der Waals surface area contributed by atoms with Gasteiger partial charge in [0.05, 0.1) is 7.11 Å². The fraction of sp³-hybridized carbons (Fsp3) is 0.852. The van der Waals surface area contributed by atoms with Gasteiger partial charge in [-0.15, -0.1) is 0 Å². The van der Waals surface area contributed by atoms with Crippen molar-refractivity contribution in [1.82, 2.24) is 0 Å². The lowest BCUT2D eigenvalue weighted by atomic mass is 9.86. The number of carbonyl (C=O) groups is 2. The second-order valence-corrected chi connectivity index (χ2v) is 15.9. The van der Waals surface area contributed by atoms with Crippen molar-refractivity contribution in [1.29, 1.82) is 0 Å². The van der Waals surface area contributed by atoms with Gasteiger partial charge in [0, 0.05) is 18.4 Å². The van der Waals surface area contributed by atoms with Gasteiger partial charge in [0.15, 0.2) is 14.1 Å². The number of methoxy groups -OCH3 is 1. The number of esters is 1. The second-order valence-electron chi connectivity index (χ2n) is 11.1. The molecule has 0 bridgehead atoms. The maximum absolute atomic E-state index is 13.1. The van der Waals surface area contributed by atoms with E-state index in [9.17, 15) is 9.59 Å². The molecule has 1 rings (SSSR count). The highest BCUT2D eigenvalue weighted by Gasteiger charge is 2.45. The predicted octanol–water partition coefficient (Wildman–Crippen LogP) is 7.62.